The summed E-state index contributed by atoms with van der Waals surface area (Å²) < 4.78 is 5.62. The first-order chi connectivity index (χ1) is 27.8. The molecule has 2 aliphatic heterocycles. The van der Waals surface area contributed by atoms with E-state index in [0.717, 1.165) is 75.2 Å². The summed E-state index contributed by atoms with van der Waals surface area (Å²) in [6.07, 6.45) is 4.98. The second kappa shape index (κ2) is 18.3. The molecule has 2 saturated heterocycles. The predicted molar refractivity (Wildman–Crippen MR) is 227 cm³/mol. The summed E-state index contributed by atoms with van der Waals surface area (Å²) in [4.78, 5) is 51.3. The van der Waals surface area contributed by atoms with Gasteiger partial charge in [-0.05, 0) is 99.7 Å². The zero-order valence-electron chi connectivity index (χ0n) is 33.2. The summed E-state index contributed by atoms with van der Waals surface area (Å²) >= 11 is 0. The number of nitrogens with one attached hydrogen (secondary N) is 3. The maximum atomic E-state index is 14.0. The van der Waals surface area contributed by atoms with Crippen molar-refractivity contribution in [3.8, 4) is 5.75 Å². The minimum Gasteiger partial charge on any atom is -0.494 e. The van der Waals surface area contributed by atoms with Gasteiger partial charge in [-0.3, -0.25) is 24.3 Å². The average Bonchev–Trinajstić information content (AvgIpc) is 3.25. The van der Waals surface area contributed by atoms with Crippen LogP contribution in [0.2, 0.25) is 0 Å². The number of anilines is 3. The summed E-state index contributed by atoms with van der Waals surface area (Å²) in [5.74, 6) is 0.358. The molecule has 0 radical (unpaired) electrons. The number of para-hydroxylation sites is 1. The third-order valence-electron chi connectivity index (χ3n) is 11.3. The van der Waals surface area contributed by atoms with Crippen LogP contribution in [-0.4, -0.2) is 91.0 Å². The fraction of sp³-hybridized carbons (Fsp3) is 0.348. The number of fused-ring (bicyclic) bond motifs is 1. The molecule has 3 N–H and O–H groups in total. The van der Waals surface area contributed by atoms with E-state index in [-0.39, 0.29) is 29.8 Å². The predicted octanol–water partition coefficient (Wildman–Crippen LogP) is 7.26. The number of nitrogens with zero attached hydrogens (tertiary/aromatic N) is 4. The molecule has 0 bridgehead atoms. The summed E-state index contributed by atoms with van der Waals surface area (Å²) in [5.41, 5.74) is 6.08. The van der Waals surface area contributed by atoms with Gasteiger partial charge in [0.1, 0.15) is 11.3 Å². The number of amides is 3. The van der Waals surface area contributed by atoms with Crippen LogP contribution < -0.4 is 25.6 Å². The lowest BCUT2D eigenvalue weighted by Gasteiger charge is -2.34. The Bertz CT molecular complexity index is 2140. The molecule has 0 atom stereocenters. The molecule has 11 heteroatoms. The minimum atomic E-state index is -0.210. The van der Waals surface area contributed by atoms with Crippen molar-refractivity contribution in [3.63, 3.8) is 0 Å². The van der Waals surface area contributed by atoms with Gasteiger partial charge in [-0.25, -0.2) is 0 Å². The highest BCUT2D eigenvalue weighted by Gasteiger charge is 2.25. The number of ether oxygens (including phenoxy) is 1. The van der Waals surface area contributed by atoms with Gasteiger partial charge in [0.15, 0.2) is 0 Å². The fourth-order valence-corrected chi connectivity index (χ4v) is 7.92. The number of carbonyl (C=O) groups excluding carboxylic acids is 3. The van der Waals surface area contributed by atoms with E-state index in [9.17, 15) is 14.4 Å². The van der Waals surface area contributed by atoms with Gasteiger partial charge in [0, 0.05) is 92.0 Å². The van der Waals surface area contributed by atoms with Crippen molar-refractivity contribution in [2.75, 3.05) is 56.6 Å². The molecule has 11 nitrogen and oxygen atoms in total. The number of aromatic nitrogens is 1. The monoisotopic (exact) mass is 767 g/mol. The Kier molecular flexibility index (Phi) is 12.6. The molecule has 0 saturated carbocycles. The lowest BCUT2D eigenvalue weighted by Crippen LogP contribution is -2.44. The molecule has 4 aromatic carbocycles. The van der Waals surface area contributed by atoms with Crippen LogP contribution >= 0.6 is 0 Å². The van der Waals surface area contributed by atoms with E-state index in [2.05, 4.69) is 55.0 Å². The highest BCUT2D eigenvalue weighted by molar-refractivity contribution is 6.09. The Morgan fingerprint density at radius 3 is 2.02 bits per heavy atom. The molecule has 57 heavy (non-hydrogen) atoms. The number of hydrogen-bond donors (Lipinski definition) is 3. The van der Waals surface area contributed by atoms with Crippen molar-refractivity contribution in [1.29, 1.82) is 0 Å². The van der Waals surface area contributed by atoms with E-state index in [0.29, 0.717) is 46.7 Å². The Hall–Kier alpha value is -5.94. The number of hydrogen-bond acceptors (Lipinski definition) is 8. The van der Waals surface area contributed by atoms with E-state index in [4.69, 9.17) is 4.74 Å². The standard InChI is InChI=1S/C46H53N7O4/c1-4-52(5-2)46(56)34-16-20-38(21-17-34)53-28-24-37(25-29-53)50-45(55)40-30-47-43-39(12-9-13-41(43)57-3)42(40)48-35-18-14-33(15-19-35)44(54)49-36-22-26-51(27-23-36)31-32-10-7-6-8-11-32/h6-21,30,36-37H,4-5,22-29,31H2,1-3H3,(H,47,48)(H,49,54)(H,50,55). The van der Waals surface area contributed by atoms with Gasteiger partial charge in [-0.15, -0.1) is 0 Å². The summed E-state index contributed by atoms with van der Waals surface area (Å²) in [5, 5.41) is 10.7. The SMILES string of the molecule is CCN(CC)C(=O)c1ccc(N2CCC(NC(=O)c3cnc4c(OC)cccc4c3Nc3ccc(C(=O)NC4CCN(Cc5ccccc5)CC4)cc3)CC2)cc1. The van der Waals surface area contributed by atoms with Crippen LogP contribution in [0.1, 0.15) is 76.2 Å². The summed E-state index contributed by atoms with van der Waals surface area (Å²) in [7, 11) is 1.61. The molecule has 3 amide bonds. The second-order valence-corrected chi connectivity index (χ2v) is 14.9. The highest BCUT2D eigenvalue weighted by Crippen LogP contribution is 2.34. The number of pyridine rings is 1. The van der Waals surface area contributed by atoms with Gasteiger partial charge in [-0.1, -0.05) is 42.5 Å². The topological polar surface area (TPSA) is 119 Å². The first-order valence-electron chi connectivity index (χ1n) is 20.2. The molecule has 0 unspecified atom stereocenters. The lowest BCUT2D eigenvalue weighted by atomic mass is 10.0. The average molecular weight is 768 g/mol. The van der Waals surface area contributed by atoms with Crippen LogP contribution in [0.25, 0.3) is 10.9 Å². The quantitative estimate of drug-likeness (QED) is 0.115. The van der Waals surface area contributed by atoms with Gasteiger partial charge >= 0.3 is 0 Å². The number of methoxy groups -OCH3 is 1. The van der Waals surface area contributed by atoms with Gasteiger partial charge in [0.25, 0.3) is 17.7 Å². The number of carbonyl (C=O) groups is 3. The van der Waals surface area contributed by atoms with Gasteiger partial charge in [0.05, 0.1) is 18.4 Å². The van der Waals surface area contributed by atoms with E-state index in [1.807, 2.05) is 91.5 Å². The van der Waals surface area contributed by atoms with Crippen LogP contribution in [0.5, 0.6) is 5.75 Å². The Morgan fingerprint density at radius 1 is 0.737 bits per heavy atom. The summed E-state index contributed by atoms with van der Waals surface area (Å²) in [6.45, 7) is 9.71. The molecular weight excluding hydrogens is 715 g/mol. The van der Waals surface area contributed by atoms with E-state index >= 15 is 0 Å². The molecule has 0 aliphatic carbocycles. The van der Waals surface area contributed by atoms with E-state index in [1.165, 1.54) is 5.56 Å². The number of benzene rings is 4. The molecule has 7 rings (SSSR count). The third kappa shape index (κ3) is 9.37. The largest absolute Gasteiger partial charge is 0.494 e. The molecule has 1 aromatic heterocycles. The fourth-order valence-electron chi connectivity index (χ4n) is 7.92. The van der Waals surface area contributed by atoms with Crippen LogP contribution in [0, 0.1) is 0 Å². The molecule has 5 aromatic rings. The Morgan fingerprint density at radius 2 is 1.37 bits per heavy atom. The molecule has 2 fully saturated rings. The number of piperidine rings is 2. The highest BCUT2D eigenvalue weighted by atomic mass is 16.5. The maximum absolute atomic E-state index is 14.0. The van der Waals surface area contributed by atoms with Crippen molar-refractivity contribution in [3.05, 3.63) is 126 Å². The van der Waals surface area contributed by atoms with Crippen LogP contribution in [0.4, 0.5) is 17.1 Å². The second-order valence-electron chi connectivity index (χ2n) is 14.9. The number of rotatable bonds is 13. The number of likely N-dealkylation sites (tertiary alicyclic amines) is 1. The lowest BCUT2D eigenvalue weighted by molar-refractivity contribution is 0.0772. The van der Waals surface area contributed by atoms with E-state index in [1.54, 1.807) is 13.3 Å². The van der Waals surface area contributed by atoms with Crippen molar-refractivity contribution in [2.45, 2.75) is 58.2 Å². The van der Waals surface area contributed by atoms with Crippen molar-refractivity contribution in [2.24, 2.45) is 0 Å². The normalized spacial score (nSPS) is 15.2. The molecule has 3 heterocycles. The van der Waals surface area contributed by atoms with Crippen LogP contribution in [0.15, 0.2) is 103 Å². The first kappa shape index (κ1) is 39.3. The Balaban J connectivity index is 0.983. The zero-order chi connectivity index (χ0) is 39.7. The van der Waals surface area contributed by atoms with Crippen LogP contribution in [0.3, 0.4) is 0 Å². The maximum Gasteiger partial charge on any atom is 0.255 e. The molecule has 296 valence electrons. The zero-order valence-corrected chi connectivity index (χ0v) is 33.2. The molecule has 2 aliphatic rings. The van der Waals surface area contributed by atoms with E-state index < -0.39 is 0 Å². The molecule has 0 spiro atoms. The summed E-state index contributed by atoms with van der Waals surface area (Å²) in [6, 6.07) is 31.5. The van der Waals surface area contributed by atoms with Gasteiger partial charge < -0.3 is 30.5 Å². The minimum absolute atomic E-state index is 0.0139. The first-order valence-corrected chi connectivity index (χ1v) is 20.2. The Labute approximate surface area is 335 Å². The molecular formula is C46H53N7O4. The van der Waals surface area contributed by atoms with Crippen molar-refractivity contribution >= 4 is 45.7 Å². The van der Waals surface area contributed by atoms with Crippen LogP contribution in [-0.2, 0) is 6.54 Å². The van der Waals surface area contributed by atoms with Crippen molar-refractivity contribution < 1.29 is 19.1 Å². The van der Waals surface area contributed by atoms with Gasteiger partial charge in [0.2, 0.25) is 0 Å². The smallest absolute Gasteiger partial charge is 0.255 e. The third-order valence-corrected chi connectivity index (χ3v) is 11.3. The van der Waals surface area contributed by atoms with Gasteiger partial charge in [-0.2, -0.15) is 0 Å². The van der Waals surface area contributed by atoms with Crippen molar-refractivity contribution in [1.82, 2.24) is 25.4 Å².